The van der Waals surface area contributed by atoms with Crippen molar-refractivity contribution < 1.29 is 4.79 Å². The smallest absolute Gasteiger partial charge is 0.272 e. The van der Waals surface area contributed by atoms with E-state index in [1.165, 1.54) is 0 Å². The molecule has 2 heterocycles. The molecule has 120 valence electrons. The lowest BCUT2D eigenvalue weighted by Gasteiger charge is -2.34. The Labute approximate surface area is 144 Å². The van der Waals surface area contributed by atoms with Gasteiger partial charge in [0.2, 0.25) is 0 Å². The minimum Gasteiger partial charge on any atom is -0.350 e. The van der Waals surface area contributed by atoms with Crippen molar-refractivity contribution in [3.05, 3.63) is 28.4 Å². The summed E-state index contributed by atoms with van der Waals surface area (Å²) < 4.78 is 0.941. The second kappa shape index (κ2) is 6.98. The highest BCUT2D eigenvalue weighted by Gasteiger charge is 2.27. The average molecular weight is 388 g/mol. The number of benzene rings is 1. The predicted octanol–water partition coefficient (Wildman–Crippen LogP) is 2.87. The van der Waals surface area contributed by atoms with Gasteiger partial charge in [-0.2, -0.15) is 5.10 Å². The molecule has 1 saturated heterocycles. The molecule has 0 saturated carbocycles. The fourth-order valence-electron chi connectivity index (χ4n) is 2.74. The van der Waals surface area contributed by atoms with Crippen LogP contribution in [0.15, 0.2) is 22.7 Å². The van der Waals surface area contributed by atoms with Crippen molar-refractivity contribution in [3.8, 4) is 0 Å². The molecule has 5 nitrogen and oxygen atoms in total. The number of amides is 1. The Balaban J connectivity index is 0.00000176. The Morgan fingerprint density at radius 1 is 1.41 bits per heavy atom. The molecule has 1 aliphatic heterocycles. The molecule has 1 aromatic carbocycles. The zero-order chi connectivity index (χ0) is 14.9. The van der Waals surface area contributed by atoms with E-state index < -0.39 is 0 Å². The molecule has 0 spiro atoms. The van der Waals surface area contributed by atoms with Crippen LogP contribution >= 0.6 is 28.3 Å². The Bertz CT molecular complexity index is 667. The van der Waals surface area contributed by atoms with Crippen molar-refractivity contribution >= 4 is 45.1 Å². The third-order valence-corrected chi connectivity index (χ3v) is 4.72. The molecule has 1 fully saturated rings. The van der Waals surface area contributed by atoms with E-state index in [-0.39, 0.29) is 23.7 Å². The fraction of sp³-hybridized carbons (Fsp3) is 0.467. The van der Waals surface area contributed by atoms with Crippen molar-refractivity contribution in [2.75, 3.05) is 19.6 Å². The molecule has 0 aliphatic carbocycles. The first-order valence-corrected chi connectivity index (χ1v) is 7.99. The van der Waals surface area contributed by atoms with Gasteiger partial charge in [-0.25, -0.2) is 0 Å². The second-order valence-electron chi connectivity index (χ2n) is 6.01. The second-order valence-corrected chi connectivity index (χ2v) is 6.92. The molecule has 3 N–H and O–H groups in total. The number of nitrogens with zero attached hydrogens (tertiary/aromatic N) is 1. The van der Waals surface area contributed by atoms with Crippen LogP contribution in [0.4, 0.5) is 0 Å². The quantitative estimate of drug-likeness (QED) is 0.758. The van der Waals surface area contributed by atoms with Crippen molar-refractivity contribution in [3.63, 3.8) is 0 Å². The van der Waals surface area contributed by atoms with Gasteiger partial charge in [-0.1, -0.05) is 22.9 Å². The lowest BCUT2D eigenvalue weighted by molar-refractivity contribution is 0.0919. The van der Waals surface area contributed by atoms with Crippen LogP contribution in [0.25, 0.3) is 10.9 Å². The number of aromatic amines is 1. The van der Waals surface area contributed by atoms with E-state index in [1.807, 2.05) is 18.2 Å². The minimum absolute atomic E-state index is 0. The lowest BCUT2D eigenvalue weighted by atomic mass is 9.81. The summed E-state index contributed by atoms with van der Waals surface area (Å²) >= 11 is 3.43. The van der Waals surface area contributed by atoms with Gasteiger partial charge in [-0.15, -0.1) is 12.4 Å². The van der Waals surface area contributed by atoms with E-state index >= 15 is 0 Å². The van der Waals surface area contributed by atoms with E-state index in [9.17, 15) is 4.79 Å². The van der Waals surface area contributed by atoms with Crippen LogP contribution in [0.3, 0.4) is 0 Å². The summed E-state index contributed by atoms with van der Waals surface area (Å²) in [4.78, 5) is 12.4. The zero-order valence-corrected chi connectivity index (χ0v) is 14.8. The molecular weight excluding hydrogens is 368 g/mol. The van der Waals surface area contributed by atoms with E-state index in [1.54, 1.807) is 0 Å². The van der Waals surface area contributed by atoms with Gasteiger partial charge in [0.25, 0.3) is 5.91 Å². The first-order chi connectivity index (χ1) is 10.1. The van der Waals surface area contributed by atoms with Gasteiger partial charge in [0.05, 0.1) is 5.52 Å². The molecule has 2 aromatic rings. The number of halogens is 2. The molecule has 1 aliphatic rings. The van der Waals surface area contributed by atoms with E-state index in [0.29, 0.717) is 12.2 Å². The normalized spacial score (nSPS) is 17.0. The van der Waals surface area contributed by atoms with Gasteiger partial charge in [-0.05, 0) is 49.5 Å². The van der Waals surface area contributed by atoms with Crippen molar-refractivity contribution in [2.24, 2.45) is 5.41 Å². The standard InChI is InChI=1S/C15H19BrN4O.ClH/c1-15(4-6-17-7-5-15)9-18-14(21)13-11-8-10(16)2-3-12(11)19-20-13;/h2-3,8,17H,4-7,9H2,1H3,(H,18,21)(H,19,20);1H. The van der Waals surface area contributed by atoms with Gasteiger partial charge < -0.3 is 10.6 Å². The highest BCUT2D eigenvalue weighted by Crippen LogP contribution is 2.27. The third-order valence-electron chi connectivity index (χ3n) is 4.23. The summed E-state index contributed by atoms with van der Waals surface area (Å²) in [6, 6.07) is 5.76. The number of carbonyl (C=O) groups excluding carboxylic acids is 1. The van der Waals surface area contributed by atoms with Crippen LogP contribution in [0.1, 0.15) is 30.3 Å². The summed E-state index contributed by atoms with van der Waals surface area (Å²) in [6.07, 6.45) is 2.17. The Morgan fingerprint density at radius 2 is 2.14 bits per heavy atom. The van der Waals surface area contributed by atoms with Crippen molar-refractivity contribution in [1.29, 1.82) is 0 Å². The topological polar surface area (TPSA) is 69.8 Å². The lowest BCUT2D eigenvalue weighted by Crippen LogP contribution is -2.43. The summed E-state index contributed by atoms with van der Waals surface area (Å²) in [7, 11) is 0. The number of rotatable bonds is 3. The van der Waals surface area contributed by atoms with Gasteiger partial charge in [-0.3, -0.25) is 9.89 Å². The number of fused-ring (bicyclic) bond motifs is 1. The van der Waals surface area contributed by atoms with Crippen LogP contribution in [0.5, 0.6) is 0 Å². The van der Waals surface area contributed by atoms with Crippen LogP contribution in [-0.2, 0) is 0 Å². The Hall–Kier alpha value is -1.11. The van der Waals surface area contributed by atoms with E-state index in [2.05, 4.69) is 43.7 Å². The molecule has 0 radical (unpaired) electrons. The maximum Gasteiger partial charge on any atom is 0.272 e. The summed E-state index contributed by atoms with van der Waals surface area (Å²) in [6.45, 7) is 4.96. The third kappa shape index (κ3) is 3.62. The molecule has 3 rings (SSSR count). The zero-order valence-electron chi connectivity index (χ0n) is 12.4. The van der Waals surface area contributed by atoms with Gasteiger partial charge >= 0.3 is 0 Å². The monoisotopic (exact) mass is 386 g/mol. The molecule has 1 aromatic heterocycles. The molecule has 0 unspecified atom stereocenters. The maximum atomic E-state index is 12.4. The number of carbonyl (C=O) groups is 1. The maximum absolute atomic E-state index is 12.4. The summed E-state index contributed by atoms with van der Waals surface area (Å²) in [5, 5.41) is 14.3. The average Bonchev–Trinajstić information content (AvgIpc) is 2.89. The first kappa shape index (κ1) is 17.2. The molecule has 0 bridgehead atoms. The van der Waals surface area contributed by atoms with E-state index in [4.69, 9.17) is 0 Å². The number of piperidine rings is 1. The molecular formula is C15H20BrClN4O. The van der Waals surface area contributed by atoms with Crippen LogP contribution in [-0.4, -0.2) is 35.7 Å². The predicted molar refractivity (Wildman–Crippen MR) is 93.6 cm³/mol. The van der Waals surface area contributed by atoms with Crippen molar-refractivity contribution in [1.82, 2.24) is 20.8 Å². The summed E-state index contributed by atoms with van der Waals surface area (Å²) in [5.41, 5.74) is 1.51. The summed E-state index contributed by atoms with van der Waals surface area (Å²) in [5.74, 6) is -0.112. The SMILES string of the molecule is CC1(CNC(=O)c2n[nH]c3ccc(Br)cc23)CCNCC1.Cl. The number of hydrogen-bond donors (Lipinski definition) is 3. The largest absolute Gasteiger partial charge is 0.350 e. The van der Waals surface area contributed by atoms with Crippen LogP contribution in [0.2, 0.25) is 0 Å². The first-order valence-electron chi connectivity index (χ1n) is 7.20. The van der Waals surface area contributed by atoms with E-state index in [0.717, 1.165) is 41.3 Å². The van der Waals surface area contributed by atoms with Crippen LogP contribution in [0, 0.1) is 5.41 Å². The Morgan fingerprint density at radius 3 is 2.86 bits per heavy atom. The fourth-order valence-corrected chi connectivity index (χ4v) is 3.10. The van der Waals surface area contributed by atoms with Crippen molar-refractivity contribution in [2.45, 2.75) is 19.8 Å². The van der Waals surface area contributed by atoms with Crippen LogP contribution < -0.4 is 10.6 Å². The highest BCUT2D eigenvalue weighted by atomic mass is 79.9. The molecule has 7 heteroatoms. The van der Waals surface area contributed by atoms with Gasteiger partial charge in [0, 0.05) is 16.4 Å². The number of aromatic nitrogens is 2. The number of hydrogen-bond acceptors (Lipinski definition) is 3. The Kier molecular flexibility index (Phi) is 5.47. The molecule has 0 atom stereocenters. The minimum atomic E-state index is -0.112. The number of nitrogens with one attached hydrogen (secondary N) is 3. The highest BCUT2D eigenvalue weighted by molar-refractivity contribution is 9.10. The van der Waals surface area contributed by atoms with Gasteiger partial charge in [0.1, 0.15) is 0 Å². The molecule has 1 amide bonds. The van der Waals surface area contributed by atoms with Gasteiger partial charge in [0.15, 0.2) is 5.69 Å². The number of H-pyrrole nitrogens is 1. The molecule has 22 heavy (non-hydrogen) atoms.